The average molecular weight is 992 g/mol. The Labute approximate surface area is 412 Å². The highest BCUT2D eigenvalue weighted by molar-refractivity contribution is 7.90. The van der Waals surface area contributed by atoms with E-state index in [1.807, 2.05) is 41.3 Å². The van der Waals surface area contributed by atoms with Gasteiger partial charge in [-0.3, -0.25) is 24.6 Å². The molecule has 5 aromatic rings. The van der Waals surface area contributed by atoms with Crippen LogP contribution in [0, 0.1) is 27.4 Å². The lowest BCUT2D eigenvalue weighted by Gasteiger charge is -2.39. The molecule has 2 amide bonds. The van der Waals surface area contributed by atoms with E-state index >= 15 is 0 Å². The largest absolute Gasteiger partial charge is 0.476 e. The van der Waals surface area contributed by atoms with Crippen LogP contribution in [0.4, 0.5) is 28.4 Å². The Hall–Kier alpha value is -6.21. The maximum atomic E-state index is 14.5. The van der Waals surface area contributed by atoms with Crippen molar-refractivity contribution in [1.29, 1.82) is 0 Å². The number of aromatic nitrogens is 2. The van der Waals surface area contributed by atoms with E-state index in [1.165, 1.54) is 28.8 Å². The molecule has 0 bridgehead atoms. The molecular weight excluding hydrogens is 932 g/mol. The summed E-state index contributed by atoms with van der Waals surface area (Å²) in [5.74, 6) is -0.164. The second-order valence-electron chi connectivity index (χ2n) is 20.0. The second kappa shape index (κ2) is 19.5. The number of hydrogen-bond acceptors (Lipinski definition) is 13. The van der Waals surface area contributed by atoms with Gasteiger partial charge in [0.05, 0.1) is 33.6 Å². The fraction of sp³-hybridized carbons (Fsp3) is 0.431. The van der Waals surface area contributed by atoms with Crippen LogP contribution in [0.1, 0.15) is 61.9 Å². The van der Waals surface area contributed by atoms with Gasteiger partial charge in [-0.25, -0.2) is 13.1 Å². The van der Waals surface area contributed by atoms with Crippen LogP contribution in [0.25, 0.3) is 16.6 Å². The number of nitrogens with zero attached hydrogens (tertiary/aromatic N) is 6. The molecule has 0 radical (unpaired) electrons. The number of nitro groups is 1. The number of aromatic amines is 1. The van der Waals surface area contributed by atoms with Crippen LogP contribution in [0.2, 0.25) is 5.02 Å². The third-order valence-corrected chi connectivity index (χ3v) is 16.3. The van der Waals surface area contributed by atoms with Gasteiger partial charge in [0.1, 0.15) is 17.0 Å². The first-order chi connectivity index (χ1) is 33.7. The molecule has 19 heteroatoms. The van der Waals surface area contributed by atoms with Gasteiger partial charge < -0.3 is 35.1 Å². The highest BCUT2D eigenvalue weighted by atomic mass is 35.5. The molecule has 2 aromatic heterocycles. The number of ether oxygens (including phenoxy) is 1. The maximum absolute atomic E-state index is 14.5. The zero-order valence-electron chi connectivity index (χ0n) is 39.5. The quantitative estimate of drug-likeness (QED) is 0.0672. The predicted molar refractivity (Wildman–Crippen MR) is 272 cm³/mol. The normalized spacial score (nSPS) is 20.9. The molecule has 2 unspecified atom stereocenters. The summed E-state index contributed by atoms with van der Waals surface area (Å²) in [5.41, 5.74) is 6.77. The molecule has 5 aliphatic rings. The summed E-state index contributed by atoms with van der Waals surface area (Å²) < 4.78 is 36.5. The van der Waals surface area contributed by atoms with Gasteiger partial charge in [-0.15, -0.1) is 0 Å². The van der Waals surface area contributed by atoms with Crippen LogP contribution < -0.4 is 29.9 Å². The van der Waals surface area contributed by atoms with E-state index in [0.29, 0.717) is 74.6 Å². The molecule has 6 heterocycles. The van der Waals surface area contributed by atoms with Gasteiger partial charge in [-0.2, -0.15) is 4.98 Å². The second-order valence-corrected chi connectivity index (χ2v) is 22.1. The summed E-state index contributed by atoms with van der Waals surface area (Å²) >= 11 is 6.28. The van der Waals surface area contributed by atoms with Crippen molar-refractivity contribution in [2.75, 3.05) is 93.7 Å². The van der Waals surface area contributed by atoms with Crippen molar-refractivity contribution < 1.29 is 27.7 Å². The molecule has 0 saturated carbocycles. The standard InChI is InChI=1S/C51H59ClN10O7S/c1-51(2)15-12-36(41(29-51)33-4-6-37(52)7-5-33)31-59-21-23-60(24-22-59)38-8-10-40(44(27-38)61-18-3-25-69-50-46(61)26-34-13-16-54-47(34)56-50)49(64)57-70(67,68)39-9-11-43(45(28-39)62(65)66)53-17-20-58-19-14-35-30-55-48(63)42(35)32-58/h4-11,13,16,26-28,35,42,53H,3,12,14-15,17-25,29-32H2,1-2H3,(H,54,56)(H,55,63)(H,57,64). The van der Waals surface area contributed by atoms with E-state index < -0.39 is 31.4 Å². The summed E-state index contributed by atoms with van der Waals surface area (Å²) in [5, 5.41) is 19.9. The Morgan fingerprint density at radius 1 is 0.986 bits per heavy atom. The van der Waals surface area contributed by atoms with Crippen molar-refractivity contribution in [1.82, 2.24) is 29.8 Å². The number of nitrogens with one attached hydrogen (secondary N) is 4. The third kappa shape index (κ3) is 10.0. The van der Waals surface area contributed by atoms with Gasteiger partial charge in [0.15, 0.2) is 0 Å². The lowest BCUT2D eigenvalue weighted by molar-refractivity contribution is -0.384. The van der Waals surface area contributed by atoms with Gasteiger partial charge in [-0.1, -0.05) is 43.2 Å². The number of benzene rings is 3. The minimum absolute atomic E-state index is 0.0565. The zero-order valence-corrected chi connectivity index (χ0v) is 41.1. The number of sulfonamides is 1. The summed E-state index contributed by atoms with van der Waals surface area (Å²) in [4.78, 5) is 54.8. The van der Waals surface area contributed by atoms with Crippen LogP contribution in [0.3, 0.4) is 0 Å². The van der Waals surface area contributed by atoms with Gasteiger partial charge in [0, 0.05) is 93.8 Å². The fourth-order valence-corrected chi connectivity index (χ4v) is 11.9. The SMILES string of the molecule is CC1(C)CCC(CN2CCN(c3ccc(C(=O)NS(=O)(=O)c4ccc(NCCN5CCC6CNC(=O)C6C5)c([N+](=O)[O-])c4)c(N4CCCOc5nc6[nH]ccc6cc54)c3)CC2)=C(c2ccc(Cl)cc2)C1. The van der Waals surface area contributed by atoms with Crippen LogP contribution in [-0.4, -0.2) is 124 Å². The van der Waals surface area contributed by atoms with Crippen molar-refractivity contribution in [2.45, 2.75) is 50.8 Å². The van der Waals surface area contributed by atoms with Crippen molar-refractivity contribution in [3.63, 3.8) is 0 Å². The molecule has 4 N–H and O–H groups in total. The van der Waals surface area contributed by atoms with E-state index in [1.54, 1.807) is 12.3 Å². The number of piperazine rings is 1. The van der Waals surface area contributed by atoms with Crippen molar-refractivity contribution in [3.8, 4) is 5.88 Å². The number of halogens is 1. The van der Waals surface area contributed by atoms with Crippen molar-refractivity contribution in [2.24, 2.45) is 17.3 Å². The van der Waals surface area contributed by atoms with E-state index in [4.69, 9.17) is 21.3 Å². The number of carbonyl (C=O) groups excluding carboxylic acids is 2. The number of anilines is 4. The Bertz CT molecular complexity index is 2970. The molecular formula is C51H59ClN10O7S. The maximum Gasteiger partial charge on any atom is 0.293 e. The van der Waals surface area contributed by atoms with Crippen LogP contribution in [0.15, 0.2) is 89.5 Å². The number of fused-ring (bicyclic) bond motifs is 3. The van der Waals surface area contributed by atoms with Gasteiger partial charge >= 0.3 is 0 Å². The Balaban J connectivity index is 0.887. The molecule has 4 aliphatic heterocycles. The van der Waals surface area contributed by atoms with Crippen LogP contribution >= 0.6 is 11.6 Å². The Morgan fingerprint density at radius 3 is 2.60 bits per heavy atom. The first-order valence-electron chi connectivity index (χ1n) is 24.2. The van der Waals surface area contributed by atoms with Crippen molar-refractivity contribution in [3.05, 3.63) is 111 Å². The third-order valence-electron chi connectivity index (χ3n) is 14.7. The predicted octanol–water partition coefficient (Wildman–Crippen LogP) is 7.43. The Kier molecular flexibility index (Phi) is 13.2. The first kappa shape index (κ1) is 47.5. The minimum atomic E-state index is -4.61. The van der Waals surface area contributed by atoms with Crippen LogP contribution in [-0.2, 0) is 14.8 Å². The van der Waals surface area contributed by atoms with E-state index in [0.717, 1.165) is 87.1 Å². The number of amides is 2. The van der Waals surface area contributed by atoms with Gasteiger partial charge in [-0.05, 0) is 116 Å². The number of rotatable bonds is 13. The average Bonchev–Trinajstić information content (AvgIpc) is 3.90. The summed E-state index contributed by atoms with van der Waals surface area (Å²) in [6.07, 6.45) is 6.47. The summed E-state index contributed by atoms with van der Waals surface area (Å²) in [7, 11) is -4.61. The smallest absolute Gasteiger partial charge is 0.293 e. The molecule has 17 nitrogen and oxygen atoms in total. The molecule has 1 aliphatic carbocycles. The van der Waals surface area contributed by atoms with Gasteiger partial charge in [0.2, 0.25) is 11.8 Å². The number of allylic oxidation sites excluding steroid dienone is 1. The number of likely N-dealkylation sites (tertiary alicyclic amines) is 1. The molecule has 0 spiro atoms. The fourth-order valence-electron chi connectivity index (χ4n) is 10.8. The van der Waals surface area contributed by atoms with Crippen molar-refractivity contribution >= 4 is 78.5 Å². The summed E-state index contributed by atoms with van der Waals surface area (Å²) in [6.45, 7) is 12.6. The molecule has 10 rings (SSSR count). The molecule has 3 fully saturated rings. The number of pyridine rings is 1. The lowest BCUT2D eigenvalue weighted by Crippen LogP contribution is -2.47. The number of hydrogen-bond donors (Lipinski definition) is 4. The molecule has 2 atom stereocenters. The molecule has 3 saturated heterocycles. The molecule has 3 aromatic carbocycles. The monoisotopic (exact) mass is 990 g/mol. The minimum Gasteiger partial charge on any atom is -0.476 e. The number of nitro benzene ring substituents is 1. The van der Waals surface area contributed by atoms with Gasteiger partial charge in [0.25, 0.3) is 21.6 Å². The summed E-state index contributed by atoms with van der Waals surface area (Å²) in [6, 6.07) is 21.1. The first-order valence-corrected chi connectivity index (χ1v) is 26.1. The number of piperidine rings is 1. The zero-order chi connectivity index (χ0) is 48.7. The lowest BCUT2D eigenvalue weighted by atomic mass is 9.72. The molecule has 368 valence electrons. The van der Waals surface area contributed by atoms with Crippen LogP contribution in [0.5, 0.6) is 5.88 Å². The van der Waals surface area contributed by atoms with E-state index in [9.17, 15) is 28.1 Å². The number of carbonyl (C=O) groups is 2. The Morgan fingerprint density at radius 2 is 1.80 bits per heavy atom. The topological polar surface area (TPSA) is 198 Å². The highest BCUT2D eigenvalue weighted by Gasteiger charge is 2.39. The van der Waals surface area contributed by atoms with E-state index in [-0.39, 0.29) is 28.5 Å². The molecule has 70 heavy (non-hydrogen) atoms. The number of H-pyrrole nitrogens is 1. The highest BCUT2D eigenvalue weighted by Crippen LogP contribution is 2.44. The van der Waals surface area contributed by atoms with E-state index in [2.05, 4.69) is 61.0 Å².